The van der Waals surface area contributed by atoms with Gasteiger partial charge in [0, 0.05) is 75.3 Å². The molecule has 0 bridgehead atoms. The topological polar surface area (TPSA) is 405 Å². The first-order valence-electron chi connectivity index (χ1n) is 22.5. The van der Waals surface area contributed by atoms with Gasteiger partial charge in [-0.2, -0.15) is 0 Å². The Morgan fingerprint density at radius 2 is 0.711 bits per heavy atom. The zero-order valence-electron chi connectivity index (χ0n) is 42.2. The molecule has 0 saturated carbocycles. The molecule has 3 heterocycles. The average molecular weight is 1090 g/mol. The Balaban J connectivity index is 1.94. The fourth-order valence-electron chi connectivity index (χ4n) is 7.84. The molecule has 0 radical (unpaired) electrons. The van der Waals surface area contributed by atoms with Crippen LogP contribution in [0.15, 0.2) is 18.2 Å². The van der Waals surface area contributed by atoms with E-state index >= 15 is 0 Å². The van der Waals surface area contributed by atoms with Crippen molar-refractivity contribution in [3.63, 3.8) is 0 Å². The third kappa shape index (κ3) is 17.2. The first-order valence-corrected chi connectivity index (χ1v) is 22.5. The van der Waals surface area contributed by atoms with Crippen LogP contribution in [0.1, 0.15) is 69.2 Å². The van der Waals surface area contributed by atoms with E-state index in [9.17, 15) is 68.2 Å². The summed E-state index contributed by atoms with van der Waals surface area (Å²) in [6.45, 7) is 6.83. The average Bonchev–Trinajstić information content (AvgIpc) is 3.28. The lowest BCUT2D eigenvalue weighted by Crippen LogP contribution is -2.69. The van der Waals surface area contributed by atoms with Crippen LogP contribution in [0.2, 0.25) is 0 Å². The lowest BCUT2D eigenvalue weighted by molar-refractivity contribution is -0.395. The van der Waals surface area contributed by atoms with Gasteiger partial charge in [-0.3, -0.25) is 68.2 Å². The highest BCUT2D eigenvalue weighted by atomic mass is 16.8. The van der Waals surface area contributed by atoms with E-state index in [1.807, 2.05) is 0 Å². The van der Waals surface area contributed by atoms with Crippen LogP contribution in [0.25, 0.3) is 0 Å². The van der Waals surface area contributed by atoms with Gasteiger partial charge in [0.15, 0.2) is 49.2 Å². The molecule has 3 aliphatic rings. The van der Waals surface area contributed by atoms with Crippen LogP contribution >= 0.6 is 0 Å². The molecule has 32 heteroatoms. The number of non-ortho nitro benzene ring substituents is 1. The smallest absolute Gasteiger partial charge is 0.317 e. The maximum absolute atomic E-state index is 13.1. The fraction of sp³-hybridized carbons (Fsp3) is 0.636. The monoisotopic (exact) mass is 1090 g/mol. The van der Waals surface area contributed by atoms with Crippen LogP contribution in [0.4, 0.5) is 11.4 Å². The molecule has 1 aromatic carbocycles. The molecule has 0 N–H and O–H groups in total. The van der Waals surface area contributed by atoms with Crippen molar-refractivity contribution in [1.82, 2.24) is 0 Å². The van der Waals surface area contributed by atoms with Gasteiger partial charge in [-0.25, -0.2) is 0 Å². The van der Waals surface area contributed by atoms with Gasteiger partial charge < -0.3 is 75.8 Å². The predicted molar refractivity (Wildman–Crippen MR) is 235 cm³/mol. The van der Waals surface area contributed by atoms with E-state index in [-0.39, 0.29) is 0 Å². The number of nitro benzene ring substituents is 2. The maximum atomic E-state index is 13.1. The van der Waals surface area contributed by atoms with E-state index in [1.165, 1.54) is 0 Å². The molecular weight excluding hydrogens is 1040 g/mol. The summed E-state index contributed by atoms with van der Waals surface area (Å²) in [4.78, 5) is 148. The van der Waals surface area contributed by atoms with Crippen LogP contribution in [0, 0.1) is 20.2 Å². The Bertz CT molecular complexity index is 2380. The van der Waals surface area contributed by atoms with Gasteiger partial charge in [-0.1, -0.05) is 0 Å². The van der Waals surface area contributed by atoms with E-state index < -0.39 is 199 Å². The number of carbonyl (C=O) groups is 10. The van der Waals surface area contributed by atoms with Crippen LogP contribution in [0.5, 0.6) is 5.75 Å². The molecule has 0 aromatic heterocycles. The molecule has 0 aliphatic carbocycles. The Morgan fingerprint density at radius 3 is 1.04 bits per heavy atom. The van der Waals surface area contributed by atoms with Crippen molar-refractivity contribution in [1.29, 1.82) is 0 Å². The van der Waals surface area contributed by atoms with Crippen molar-refractivity contribution in [2.24, 2.45) is 0 Å². The third-order valence-corrected chi connectivity index (χ3v) is 10.4. The molecule has 420 valence electrons. The highest BCUT2D eigenvalue weighted by Crippen LogP contribution is 2.40. The minimum Gasteiger partial charge on any atom is -0.463 e. The number of esters is 10. The third-order valence-electron chi connectivity index (χ3n) is 10.4. The Labute approximate surface area is 429 Å². The zero-order valence-corrected chi connectivity index (χ0v) is 42.2. The SMILES string of the molecule is CC(=O)OC[C@H]1O[C@H](O[C@H]2[C@H](OC(C)=O)[C@@H](OC(C)=O)[C@@H](O[C@H]3[C@H](OC(C)=O)[C@@H](OC(C)=O)[C@@H](Oc4ccc([N+](=O)[O-])cc4[N+](=O)[O-])O[C@@H]3COC(C)=O)O[C@@H]2COC(C)=O)[C@H](OC(C)=O)[C@@H](OC(C)=O)[C@@H]1OC(C)=O. The summed E-state index contributed by atoms with van der Waals surface area (Å²) < 4.78 is 91.6. The molecule has 0 unspecified atom stereocenters. The van der Waals surface area contributed by atoms with Gasteiger partial charge in [0.1, 0.15) is 50.3 Å². The molecule has 32 nitrogen and oxygen atoms in total. The molecule has 76 heavy (non-hydrogen) atoms. The number of nitro groups is 2. The highest BCUT2D eigenvalue weighted by molar-refractivity contribution is 5.70. The van der Waals surface area contributed by atoms with Crippen molar-refractivity contribution in [3.05, 3.63) is 38.4 Å². The number of hydrogen-bond donors (Lipinski definition) is 0. The first-order chi connectivity index (χ1) is 35.6. The Kier molecular flexibility index (Phi) is 21.8. The lowest BCUT2D eigenvalue weighted by Gasteiger charge is -2.50. The van der Waals surface area contributed by atoms with Crippen LogP contribution in [-0.4, -0.2) is 181 Å². The van der Waals surface area contributed by atoms with E-state index in [1.54, 1.807) is 0 Å². The Morgan fingerprint density at radius 1 is 0.408 bits per heavy atom. The van der Waals surface area contributed by atoms with Gasteiger partial charge in [-0.05, 0) is 6.07 Å². The number of hydrogen-bond acceptors (Lipinski definition) is 30. The van der Waals surface area contributed by atoms with Gasteiger partial charge >= 0.3 is 65.4 Å². The largest absolute Gasteiger partial charge is 0.463 e. The van der Waals surface area contributed by atoms with Gasteiger partial charge in [0.05, 0.1) is 15.9 Å². The second kappa shape index (κ2) is 27.2. The van der Waals surface area contributed by atoms with E-state index in [2.05, 4.69) is 0 Å². The molecular formula is C44H54N2O30. The molecule has 1 aromatic rings. The highest BCUT2D eigenvalue weighted by Gasteiger charge is 2.60. The molecule has 4 rings (SSSR count). The van der Waals surface area contributed by atoms with Crippen LogP contribution in [-0.2, 0) is 119 Å². The molecule has 3 fully saturated rings. The number of carbonyl (C=O) groups excluding carboxylic acids is 10. The van der Waals surface area contributed by atoms with Crippen molar-refractivity contribution in [2.45, 2.75) is 161 Å². The maximum Gasteiger partial charge on any atom is 0.317 e. The van der Waals surface area contributed by atoms with E-state index in [0.29, 0.717) is 6.07 Å². The van der Waals surface area contributed by atoms with Gasteiger partial charge in [-0.15, -0.1) is 0 Å². The fourth-order valence-corrected chi connectivity index (χ4v) is 7.84. The molecule has 0 spiro atoms. The van der Waals surface area contributed by atoms with Crippen molar-refractivity contribution >= 4 is 71.1 Å². The van der Waals surface area contributed by atoms with E-state index in [4.69, 9.17) is 75.8 Å². The normalized spacial score (nSPS) is 28.8. The zero-order chi connectivity index (χ0) is 56.9. The summed E-state index contributed by atoms with van der Waals surface area (Å²) in [6, 6.07) is 2.18. The molecule has 3 saturated heterocycles. The molecule has 0 amide bonds. The minimum absolute atomic E-state index is 0.541. The minimum atomic E-state index is -2.18. The lowest BCUT2D eigenvalue weighted by atomic mass is 9.95. The van der Waals surface area contributed by atoms with Crippen LogP contribution in [0.3, 0.4) is 0 Å². The summed E-state index contributed by atoms with van der Waals surface area (Å²) in [7, 11) is 0. The summed E-state index contributed by atoms with van der Waals surface area (Å²) in [5, 5.41) is 23.6. The summed E-state index contributed by atoms with van der Waals surface area (Å²) in [6.07, 6.45) is -29.2. The second-order valence-electron chi connectivity index (χ2n) is 16.5. The van der Waals surface area contributed by atoms with Crippen molar-refractivity contribution in [2.75, 3.05) is 19.8 Å². The summed E-state index contributed by atoms with van der Waals surface area (Å²) in [5.74, 6) is -11.1. The number of ether oxygens (including phenoxy) is 16. The second-order valence-corrected chi connectivity index (χ2v) is 16.5. The van der Waals surface area contributed by atoms with E-state index in [0.717, 1.165) is 81.4 Å². The predicted octanol–water partition coefficient (Wildman–Crippen LogP) is 0.0381. The molecule has 15 atom stereocenters. The van der Waals surface area contributed by atoms with Gasteiger partial charge in [0.2, 0.25) is 18.1 Å². The quantitative estimate of drug-likeness (QED) is 0.0678. The Hall–Kier alpha value is -7.68. The van der Waals surface area contributed by atoms with Crippen molar-refractivity contribution < 1.29 is 134 Å². The summed E-state index contributed by atoms with van der Waals surface area (Å²) in [5.41, 5.74) is -1.73. The van der Waals surface area contributed by atoms with Crippen LogP contribution < -0.4 is 4.74 Å². The van der Waals surface area contributed by atoms with Crippen molar-refractivity contribution in [3.8, 4) is 5.75 Å². The number of nitrogens with zero attached hydrogens (tertiary/aromatic N) is 2. The first kappa shape index (κ1) is 60.9. The number of rotatable bonds is 21. The summed E-state index contributed by atoms with van der Waals surface area (Å²) >= 11 is 0. The standard InChI is InChI=1S/C44H54N2O30/c1-17(47)61-14-30-33(64-20(4)50)36(65-21(5)51)40(69-25(9)55)43(73-30)76-35-32(16-63-19(3)49)74-44(41(70-26(10)56)38(35)67-23(7)53)75-34-31(15-62-18(2)48)72-42(39(68-24(8)54)37(34)66-22(6)52)71-29-12-11-27(45(57)58)13-28(29)46(59)60/h11-13,30-44H,14-16H2,1-10H3/t30-,31-,32-,33-,34-,35-,36+,37+,38+,39-,40-,41-,42+,43-,44-/m1/s1. The number of benzene rings is 1. The molecule has 3 aliphatic heterocycles. The van der Waals surface area contributed by atoms with Gasteiger partial charge in [0.25, 0.3) is 5.69 Å².